The Morgan fingerprint density at radius 2 is 1.62 bits per heavy atom. The maximum absolute atomic E-state index is 13.8. The van der Waals surface area contributed by atoms with Gasteiger partial charge in [0, 0.05) is 62.8 Å². The number of nitrogens with one attached hydrogen (secondary N) is 2. The molecule has 1 heterocycles. The van der Waals surface area contributed by atoms with E-state index in [1.165, 1.54) is 0 Å². The molecule has 0 spiro atoms. The van der Waals surface area contributed by atoms with Crippen molar-refractivity contribution in [1.82, 2.24) is 15.1 Å². The van der Waals surface area contributed by atoms with Gasteiger partial charge in [0.15, 0.2) is 0 Å². The van der Waals surface area contributed by atoms with Crippen LogP contribution in [0.15, 0.2) is 72.8 Å². The molecule has 3 aromatic rings. The van der Waals surface area contributed by atoms with E-state index < -0.39 is 0 Å². The van der Waals surface area contributed by atoms with Crippen molar-refractivity contribution in [2.45, 2.75) is 39.8 Å². The molecule has 3 aromatic carbocycles. The van der Waals surface area contributed by atoms with Crippen LogP contribution < -0.4 is 15.5 Å². The molecule has 0 atom stereocenters. The van der Waals surface area contributed by atoms with E-state index in [0.29, 0.717) is 49.5 Å². The molecule has 0 unspecified atom stereocenters. The van der Waals surface area contributed by atoms with Crippen LogP contribution in [0.3, 0.4) is 0 Å². The van der Waals surface area contributed by atoms with Gasteiger partial charge in [-0.15, -0.1) is 0 Å². The quantitative estimate of drug-likeness (QED) is 0.433. The summed E-state index contributed by atoms with van der Waals surface area (Å²) < 4.78 is 0. The van der Waals surface area contributed by atoms with Gasteiger partial charge in [0.1, 0.15) is 0 Å². The molecular formula is C32H39N5O3. The fourth-order valence-corrected chi connectivity index (χ4v) is 4.80. The lowest BCUT2D eigenvalue weighted by Gasteiger charge is -2.28. The summed E-state index contributed by atoms with van der Waals surface area (Å²) in [4.78, 5) is 45.1. The molecule has 8 heteroatoms. The summed E-state index contributed by atoms with van der Waals surface area (Å²) in [5, 5.41) is 5.93. The standard InChI is InChI=1S/C32H39N5O3/c1-23(2)33-32(40)37-18-8-17-36(19-20-37)29-16-15-27(34-30(38)26-13-11-24(3)12-14-26)21-28(29)31(39)35(4)22-25-9-6-5-7-10-25/h5-7,9-16,21,23H,8,17-20,22H2,1-4H3,(H,33,40)(H,34,38). The molecule has 40 heavy (non-hydrogen) atoms. The number of carbonyl (C=O) groups is 3. The Bertz CT molecular complexity index is 1320. The van der Waals surface area contributed by atoms with Crippen LogP contribution in [0, 0.1) is 6.92 Å². The Morgan fingerprint density at radius 1 is 0.900 bits per heavy atom. The molecule has 0 aliphatic carbocycles. The van der Waals surface area contributed by atoms with Gasteiger partial charge in [0.2, 0.25) is 0 Å². The Morgan fingerprint density at radius 3 is 2.33 bits per heavy atom. The van der Waals surface area contributed by atoms with Gasteiger partial charge in [-0.2, -0.15) is 0 Å². The summed E-state index contributed by atoms with van der Waals surface area (Å²) >= 11 is 0. The van der Waals surface area contributed by atoms with Crippen molar-refractivity contribution in [3.8, 4) is 0 Å². The molecule has 4 amide bonds. The van der Waals surface area contributed by atoms with Crippen molar-refractivity contribution in [3.63, 3.8) is 0 Å². The molecule has 1 fully saturated rings. The summed E-state index contributed by atoms with van der Waals surface area (Å²) in [6.45, 7) is 8.85. The average molecular weight is 542 g/mol. The van der Waals surface area contributed by atoms with Gasteiger partial charge in [-0.25, -0.2) is 4.79 Å². The molecule has 1 saturated heterocycles. The largest absolute Gasteiger partial charge is 0.369 e. The van der Waals surface area contributed by atoms with Crippen molar-refractivity contribution in [2.75, 3.05) is 43.4 Å². The highest BCUT2D eigenvalue weighted by Crippen LogP contribution is 2.28. The average Bonchev–Trinajstić information content (AvgIpc) is 3.19. The van der Waals surface area contributed by atoms with Crippen LogP contribution in [-0.4, -0.2) is 66.9 Å². The van der Waals surface area contributed by atoms with E-state index in [1.54, 1.807) is 30.1 Å². The number of benzene rings is 3. The third-order valence-corrected chi connectivity index (χ3v) is 6.94. The van der Waals surface area contributed by atoms with Crippen LogP contribution in [0.4, 0.5) is 16.2 Å². The number of hydrogen-bond acceptors (Lipinski definition) is 4. The van der Waals surface area contributed by atoms with Gasteiger partial charge in [0.05, 0.1) is 5.56 Å². The van der Waals surface area contributed by atoms with E-state index in [4.69, 9.17) is 0 Å². The zero-order valence-corrected chi connectivity index (χ0v) is 23.8. The minimum Gasteiger partial charge on any atom is -0.369 e. The Balaban J connectivity index is 1.59. The van der Waals surface area contributed by atoms with E-state index in [9.17, 15) is 14.4 Å². The van der Waals surface area contributed by atoms with Crippen LogP contribution in [0.25, 0.3) is 0 Å². The van der Waals surface area contributed by atoms with E-state index in [2.05, 4.69) is 15.5 Å². The van der Waals surface area contributed by atoms with Gasteiger partial charge >= 0.3 is 6.03 Å². The SMILES string of the molecule is Cc1ccc(C(=O)Nc2ccc(N3CCCN(C(=O)NC(C)C)CC3)c(C(=O)N(C)Cc3ccccc3)c2)cc1. The fraction of sp³-hybridized carbons (Fsp3) is 0.344. The predicted octanol–water partition coefficient (Wildman–Crippen LogP) is 5.15. The van der Waals surface area contributed by atoms with E-state index in [0.717, 1.165) is 23.2 Å². The second kappa shape index (κ2) is 13.2. The van der Waals surface area contributed by atoms with Crippen LogP contribution in [0.5, 0.6) is 0 Å². The van der Waals surface area contributed by atoms with Crippen molar-refractivity contribution < 1.29 is 14.4 Å². The molecule has 1 aliphatic rings. The van der Waals surface area contributed by atoms with Crippen LogP contribution >= 0.6 is 0 Å². The van der Waals surface area contributed by atoms with Gasteiger partial charge < -0.3 is 25.3 Å². The number of amides is 4. The fourth-order valence-electron chi connectivity index (χ4n) is 4.80. The summed E-state index contributed by atoms with van der Waals surface area (Å²) in [6, 6.07) is 22.7. The molecule has 2 N–H and O–H groups in total. The summed E-state index contributed by atoms with van der Waals surface area (Å²) in [7, 11) is 1.79. The van der Waals surface area contributed by atoms with E-state index in [1.807, 2.05) is 80.3 Å². The maximum atomic E-state index is 13.8. The molecule has 8 nitrogen and oxygen atoms in total. The Labute approximate surface area is 237 Å². The number of hydrogen-bond donors (Lipinski definition) is 2. The Kier molecular flexibility index (Phi) is 9.43. The summed E-state index contributed by atoms with van der Waals surface area (Å²) in [6.07, 6.45) is 0.783. The maximum Gasteiger partial charge on any atom is 0.317 e. The van der Waals surface area contributed by atoms with Gasteiger partial charge in [0.25, 0.3) is 11.8 Å². The Hall–Kier alpha value is -4.33. The van der Waals surface area contributed by atoms with Gasteiger partial charge in [-0.05, 0) is 63.1 Å². The first-order valence-electron chi connectivity index (χ1n) is 13.8. The monoisotopic (exact) mass is 541 g/mol. The second-order valence-electron chi connectivity index (χ2n) is 10.6. The molecule has 0 radical (unpaired) electrons. The normalized spacial score (nSPS) is 13.5. The molecule has 0 bridgehead atoms. The highest BCUT2D eigenvalue weighted by Gasteiger charge is 2.25. The van der Waals surface area contributed by atoms with Crippen LogP contribution in [-0.2, 0) is 6.54 Å². The van der Waals surface area contributed by atoms with Crippen molar-refractivity contribution in [3.05, 3.63) is 95.1 Å². The van der Waals surface area contributed by atoms with Gasteiger partial charge in [-0.3, -0.25) is 9.59 Å². The first-order valence-corrected chi connectivity index (χ1v) is 13.8. The zero-order chi connectivity index (χ0) is 28.6. The molecule has 1 aliphatic heterocycles. The number of anilines is 2. The lowest BCUT2D eigenvalue weighted by molar-refractivity contribution is 0.0785. The smallest absolute Gasteiger partial charge is 0.317 e. The number of urea groups is 1. The lowest BCUT2D eigenvalue weighted by atomic mass is 10.1. The zero-order valence-electron chi connectivity index (χ0n) is 23.8. The third-order valence-electron chi connectivity index (χ3n) is 6.94. The lowest BCUT2D eigenvalue weighted by Crippen LogP contribution is -2.44. The number of rotatable bonds is 7. The first kappa shape index (κ1) is 28.7. The molecule has 0 aromatic heterocycles. The minimum absolute atomic E-state index is 0.0649. The van der Waals surface area contributed by atoms with E-state index in [-0.39, 0.29) is 23.9 Å². The highest BCUT2D eigenvalue weighted by atomic mass is 16.2. The summed E-state index contributed by atoms with van der Waals surface area (Å²) in [5.41, 5.74) is 4.53. The second-order valence-corrected chi connectivity index (χ2v) is 10.6. The van der Waals surface area contributed by atoms with Crippen molar-refractivity contribution in [2.24, 2.45) is 0 Å². The topological polar surface area (TPSA) is 85.0 Å². The van der Waals surface area contributed by atoms with E-state index >= 15 is 0 Å². The van der Waals surface area contributed by atoms with Crippen molar-refractivity contribution >= 4 is 29.2 Å². The van der Waals surface area contributed by atoms with Crippen LogP contribution in [0.2, 0.25) is 0 Å². The van der Waals surface area contributed by atoms with Crippen molar-refractivity contribution in [1.29, 1.82) is 0 Å². The van der Waals surface area contributed by atoms with Gasteiger partial charge in [-0.1, -0.05) is 48.0 Å². The molecule has 0 saturated carbocycles. The minimum atomic E-state index is -0.231. The molecule has 210 valence electrons. The number of carbonyl (C=O) groups excluding carboxylic acids is 3. The number of aryl methyl sites for hydroxylation is 1. The molecular weight excluding hydrogens is 502 g/mol. The predicted molar refractivity (Wildman–Crippen MR) is 160 cm³/mol. The van der Waals surface area contributed by atoms with Crippen LogP contribution in [0.1, 0.15) is 52.1 Å². The summed E-state index contributed by atoms with van der Waals surface area (Å²) in [5.74, 6) is -0.366. The third kappa shape index (κ3) is 7.40. The molecule has 4 rings (SSSR count). The first-order chi connectivity index (χ1) is 19.2. The highest BCUT2D eigenvalue weighted by molar-refractivity contribution is 6.06. The number of nitrogens with zero attached hydrogens (tertiary/aromatic N) is 3.